The maximum atomic E-state index is 9.34. The van der Waals surface area contributed by atoms with E-state index in [1.54, 1.807) is 0 Å². The van der Waals surface area contributed by atoms with E-state index >= 15 is 0 Å². The van der Waals surface area contributed by atoms with Gasteiger partial charge in [0.1, 0.15) is 0 Å². The van der Waals surface area contributed by atoms with E-state index in [9.17, 15) is 9.90 Å². The Hall–Kier alpha value is 0.650. The summed E-state index contributed by atoms with van der Waals surface area (Å²) in [6, 6.07) is 0. The van der Waals surface area contributed by atoms with Crippen molar-refractivity contribution in [3.63, 3.8) is 0 Å². The van der Waals surface area contributed by atoms with Gasteiger partial charge in [0.2, 0.25) is 0 Å². The van der Waals surface area contributed by atoms with Gasteiger partial charge in [0.05, 0.1) is 12.1 Å². The van der Waals surface area contributed by atoms with Crippen molar-refractivity contribution in [1.82, 2.24) is 0 Å². The monoisotopic (exact) mass is 160 g/mol. The summed E-state index contributed by atoms with van der Waals surface area (Å²) in [7, 11) is 0.750. The number of hydrogen-bond acceptors (Lipinski definition) is 4. The van der Waals surface area contributed by atoms with Gasteiger partial charge in [-0.05, 0) is 6.92 Å². The summed E-state index contributed by atoms with van der Waals surface area (Å²) in [4.78, 5) is 9.34. The third-order valence-electron chi connectivity index (χ3n) is 0.341. The van der Waals surface area contributed by atoms with Crippen LogP contribution in [0.2, 0.25) is 0 Å². The van der Waals surface area contributed by atoms with Gasteiger partial charge in [-0.2, -0.15) is 7.11 Å². The van der Waals surface area contributed by atoms with E-state index in [0.717, 1.165) is 14.0 Å². The molecule has 0 aliphatic rings. The summed E-state index contributed by atoms with van der Waals surface area (Å²) in [5.74, 6) is -1.44. The summed E-state index contributed by atoms with van der Waals surface area (Å²) in [6.45, 7) is 1.13. The van der Waals surface area contributed by atoms with Crippen LogP contribution in [0.15, 0.2) is 0 Å². The van der Waals surface area contributed by atoms with Gasteiger partial charge in [-0.3, -0.25) is 0 Å². The third kappa shape index (κ3) is 17.7. The number of carbonyl (C=O) groups is 1. The van der Waals surface area contributed by atoms with Crippen LogP contribution in [0, 0.1) is 0 Å². The van der Waals surface area contributed by atoms with Crippen molar-refractivity contribution in [3.8, 4) is 0 Å². The van der Waals surface area contributed by atoms with Gasteiger partial charge >= 0.3 is 37.7 Å². The molecular weight excluding hydrogens is 152 g/mol. The van der Waals surface area contributed by atoms with Crippen LogP contribution in [0.5, 0.6) is 0 Å². The van der Waals surface area contributed by atoms with Crippen LogP contribution >= 0.6 is 0 Å². The van der Waals surface area contributed by atoms with Crippen molar-refractivity contribution in [1.29, 1.82) is 0 Å². The van der Waals surface area contributed by atoms with E-state index in [2.05, 4.69) is 0 Å². The molecule has 1 unspecified atom stereocenters. The second-order valence-electron chi connectivity index (χ2n) is 0.995. The van der Waals surface area contributed by atoms with E-state index < -0.39 is 12.1 Å². The second-order valence-corrected chi connectivity index (χ2v) is 0.995. The van der Waals surface area contributed by atoms with E-state index in [1.165, 1.54) is 0 Å². The number of carbonyl (C=O) groups excluding carboxylic acids is 1. The first kappa shape index (κ1) is 16.3. The zero-order chi connectivity index (χ0) is 7.15. The molecule has 0 aliphatic carbocycles. The Morgan fingerprint density at radius 2 is 1.67 bits per heavy atom. The number of aliphatic hydroxyl groups excluding tert-OH is 1. The van der Waals surface area contributed by atoms with Crippen LogP contribution < -0.4 is 10.2 Å². The second kappa shape index (κ2) is 11.4. The largest absolute Gasteiger partial charge is 2.00 e. The number of rotatable bonds is 1. The molecule has 0 rings (SSSR count). The Bertz CT molecular complexity index is 63.6. The molecule has 0 fully saturated rings. The predicted octanol–water partition coefficient (Wildman–Crippen LogP) is -3.29. The standard InChI is InChI=1S/C3H6O3.CH3O.Ca/c1-2(4)3(5)6;1-2;/h2,4H,1H3,(H,5,6);1H3;/q;-1;+2/p-1. The van der Waals surface area contributed by atoms with Crippen molar-refractivity contribution < 1.29 is 20.1 Å². The minimum Gasteiger partial charge on any atom is -0.857 e. The summed E-state index contributed by atoms with van der Waals surface area (Å²) in [6.07, 6.45) is -1.34. The molecule has 0 saturated carbocycles. The first-order chi connectivity index (χ1) is 3.64. The fraction of sp³-hybridized carbons (Fsp3) is 0.750. The van der Waals surface area contributed by atoms with Crippen molar-refractivity contribution in [2.75, 3.05) is 7.11 Å². The molecular formula is C4H8CaO4. The van der Waals surface area contributed by atoms with Gasteiger partial charge in [0.15, 0.2) is 0 Å². The summed E-state index contributed by atoms with van der Waals surface area (Å²) in [5.41, 5.74) is 0. The zero-order valence-corrected chi connectivity index (χ0v) is 7.66. The van der Waals surface area contributed by atoms with Gasteiger partial charge in [-0.1, -0.05) is 0 Å². The van der Waals surface area contributed by atoms with E-state index in [-0.39, 0.29) is 37.7 Å². The van der Waals surface area contributed by atoms with Gasteiger partial charge in [-0.25, -0.2) is 0 Å². The Labute approximate surface area is 83.5 Å². The Morgan fingerprint density at radius 1 is 1.56 bits per heavy atom. The number of hydrogen-bond donors (Lipinski definition) is 1. The van der Waals surface area contributed by atoms with Crippen molar-refractivity contribution in [3.05, 3.63) is 0 Å². The van der Waals surface area contributed by atoms with Gasteiger partial charge in [0, 0.05) is 0 Å². The summed E-state index contributed by atoms with van der Waals surface area (Å²) >= 11 is 0. The molecule has 0 bridgehead atoms. The molecule has 0 aromatic rings. The molecule has 0 aromatic carbocycles. The Kier molecular flexibility index (Phi) is 20.8. The molecule has 0 radical (unpaired) electrons. The first-order valence-corrected chi connectivity index (χ1v) is 1.94. The molecule has 0 spiro atoms. The van der Waals surface area contributed by atoms with Gasteiger partial charge in [0.25, 0.3) is 0 Å². The molecule has 0 saturated heterocycles. The molecule has 0 aliphatic heterocycles. The number of carboxylic acid groups (broad SMARTS) is 1. The number of carboxylic acids is 1. The van der Waals surface area contributed by atoms with Crippen LogP contribution in [-0.4, -0.2) is 62.0 Å². The smallest absolute Gasteiger partial charge is 0.857 e. The fourth-order valence-electron chi connectivity index (χ4n) is 0. The molecule has 0 heterocycles. The van der Waals surface area contributed by atoms with Crippen molar-refractivity contribution >= 4 is 43.7 Å². The van der Waals surface area contributed by atoms with Crippen molar-refractivity contribution in [2.45, 2.75) is 13.0 Å². The van der Waals surface area contributed by atoms with Crippen LogP contribution in [-0.2, 0) is 4.79 Å². The zero-order valence-electron chi connectivity index (χ0n) is 5.46. The summed E-state index contributed by atoms with van der Waals surface area (Å²) < 4.78 is 0. The van der Waals surface area contributed by atoms with Crippen LogP contribution in [0.3, 0.4) is 0 Å². The normalized spacial score (nSPS) is 9.78. The van der Waals surface area contributed by atoms with E-state index in [1.807, 2.05) is 0 Å². The average Bonchev–Trinajstić information content (AvgIpc) is 1.72. The molecule has 50 valence electrons. The summed E-state index contributed by atoms with van der Waals surface area (Å²) in [5, 5.41) is 25.6. The molecule has 1 N–H and O–H groups in total. The quantitative estimate of drug-likeness (QED) is 0.407. The molecule has 5 heteroatoms. The molecule has 0 amide bonds. The third-order valence-corrected chi connectivity index (χ3v) is 0.341. The molecule has 4 nitrogen and oxygen atoms in total. The maximum absolute atomic E-state index is 9.34. The first-order valence-electron chi connectivity index (χ1n) is 1.94. The topological polar surface area (TPSA) is 83.4 Å². The minimum absolute atomic E-state index is 0. The van der Waals surface area contributed by atoms with Crippen molar-refractivity contribution in [2.24, 2.45) is 0 Å². The molecule has 1 atom stereocenters. The Balaban J connectivity index is -0.000000109. The Morgan fingerprint density at radius 3 is 1.67 bits per heavy atom. The number of aliphatic carboxylic acids is 1. The SMILES string of the molecule is CC(O)C(=O)[O-].C[O-].[Ca+2]. The average molecular weight is 160 g/mol. The maximum Gasteiger partial charge on any atom is 2.00 e. The van der Waals surface area contributed by atoms with Crippen LogP contribution in [0.1, 0.15) is 6.92 Å². The van der Waals surface area contributed by atoms with E-state index in [4.69, 9.17) is 10.2 Å². The minimum atomic E-state index is -1.44. The molecule has 0 aromatic heterocycles. The predicted molar refractivity (Wildman–Crippen MR) is 28.4 cm³/mol. The fourth-order valence-corrected chi connectivity index (χ4v) is 0. The number of aliphatic hydroxyl groups is 1. The van der Waals surface area contributed by atoms with Crippen LogP contribution in [0.25, 0.3) is 0 Å². The van der Waals surface area contributed by atoms with Gasteiger partial charge in [-0.15, -0.1) is 0 Å². The van der Waals surface area contributed by atoms with Crippen LogP contribution in [0.4, 0.5) is 0 Å². The van der Waals surface area contributed by atoms with E-state index in [0.29, 0.717) is 0 Å². The molecule has 9 heavy (non-hydrogen) atoms. The van der Waals surface area contributed by atoms with Gasteiger partial charge < -0.3 is 20.1 Å².